The molecule has 0 unspecified atom stereocenters. The van der Waals surface area contributed by atoms with E-state index in [1.165, 1.54) is 11.4 Å². The molecule has 0 aromatic rings. The van der Waals surface area contributed by atoms with Gasteiger partial charge < -0.3 is 0 Å². The van der Waals surface area contributed by atoms with E-state index in [0.717, 1.165) is 25.9 Å². The number of amides is 3. The van der Waals surface area contributed by atoms with E-state index in [1.807, 2.05) is 5.01 Å². The van der Waals surface area contributed by atoms with Gasteiger partial charge in [0, 0.05) is 13.1 Å². The maximum absolute atomic E-state index is 11.2. The highest BCUT2D eigenvalue weighted by Crippen LogP contribution is 2.13. The molecule has 0 radical (unpaired) electrons. The van der Waals surface area contributed by atoms with Gasteiger partial charge in [-0.3, -0.25) is 10.1 Å². The molecule has 2 saturated heterocycles. The van der Waals surface area contributed by atoms with Crippen LogP contribution in [0.2, 0.25) is 0 Å². The molecule has 0 aliphatic carbocycles. The highest BCUT2D eigenvalue weighted by Gasteiger charge is 2.31. The topological polar surface area (TPSA) is 52.7 Å². The number of nitrogens with zero attached hydrogens (tertiary/aromatic N) is 2. The Kier molecular flexibility index (Phi) is 2.18. The molecule has 0 saturated carbocycles. The lowest BCUT2D eigenvalue weighted by Crippen LogP contribution is -2.47. The summed E-state index contributed by atoms with van der Waals surface area (Å²) in [5.74, 6) is -0.199. The maximum atomic E-state index is 11.2. The van der Waals surface area contributed by atoms with Gasteiger partial charge in [-0.15, -0.1) is 0 Å². The van der Waals surface area contributed by atoms with E-state index >= 15 is 0 Å². The number of hydrogen-bond acceptors (Lipinski definition) is 3. The van der Waals surface area contributed by atoms with E-state index in [2.05, 4.69) is 5.32 Å². The summed E-state index contributed by atoms with van der Waals surface area (Å²) in [6, 6.07) is -0.271. The molecule has 0 aromatic carbocycles. The number of hydrazine groups is 1. The fourth-order valence-corrected chi connectivity index (χ4v) is 1.78. The second-order valence-corrected chi connectivity index (χ2v) is 3.43. The SMILES string of the molecule is O=C1CN(N2CCCCC2)C(=O)N1. The second kappa shape index (κ2) is 3.33. The summed E-state index contributed by atoms with van der Waals surface area (Å²) in [7, 11) is 0. The lowest BCUT2D eigenvalue weighted by Gasteiger charge is -2.32. The number of carbonyl (C=O) groups is 2. The summed E-state index contributed by atoms with van der Waals surface area (Å²) >= 11 is 0. The van der Waals surface area contributed by atoms with Crippen molar-refractivity contribution in [2.45, 2.75) is 19.3 Å². The molecule has 2 rings (SSSR count). The Hall–Kier alpha value is -1.10. The van der Waals surface area contributed by atoms with Crippen LogP contribution in [0.25, 0.3) is 0 Å². The largest absolute Gasteiger partial charge is 0.339 e. The van der Waals surface area contributed by atoms with Crippen LogP contribution in [-0.2, 0) is 4.79 Å². The van der Waals surface area contributed by atoms with Crippen LogP contribution in [0.1, 0.15) is 19.3 Å². The van der Waals surface area contributed by atoms with Crippen molar-refractivity contribution in [3.8, 4) is 0 Å². The molecule has 5 nitrogen and oxygen atoms in total. The molecule has 2 aliphatic heterocycles. The summed E-state index contributed by atoms with van der Waals surface area (Å²) in [6.07, 6.45) is 3.44. The van der Waals surface area contributed by atoms with Crippen LogP contribution >= 0.6 is 0 Å². The van der Waals surface area contributed by atoms with Gasteiger partial charge in [-0.2, -0.15) is 0 Å². The summed E-state index contributed by atoms with van der Waals surface area (Å²) in [5, 5.41) is 5.75. The van der Waals surface area contributed by atoms with Crippen LogP contribution in [0.4, 0.5) is 4.79 Å². The van der Waals surface area contributed by atoms with Gasteiger partial charge in [-0.25, -0.2) is 14.8 Å². The molecule has 3 amide bonds. The number of imide groups is 1. The molecule has 1 N–H and O–H groups in total. The summed E-state index contributed by atoms with van der Waals surface area (Å²) in [6.45, 7) is 1.97. The second-order valence-electron chi connectivity index (χ2n) is 3.43. The Bertz CT molecular complexity index is 236. The molecule has 5 heteroatoms. The minimum Gasteiger partial charge on any atom is -0.275 e. The van der Waals surface area contributed by atoms with Crippen LogP contribution in [-0.4, -0.2) is 41.6 Å². The molecule has 0 aromatic heterocycles. The fourth-order valence-electron chi connectivity index (χ4n) is 1.78. The number of nitrogens with one attached hydrogen (secondary N) is 1. The Morgan fingerprint density at radius 1 is 1.08 bits per heavy atom. The highest BCUT2D eigenvalue weighted by atomic mass is 16.2. The van der Waals surface area contributed by atoms with Gasteiger partial charge in [0.1, 0.15) is 6.54 Å². The van der Waals surface area contributed by atoms with E-state index in [1.54, 1.807) is 0 Å². The third kappa shape index (κ3) is 1.65. The standard InChI is InChI=1S/C8H13N3O2/c12-7-6-11(8(13)9-7)10-4-2-1-3-5-10/h1-6H2,(H,9,12,13). The Morgan fingerprint density at radius 2 is 1.77 bits per heavy atom. The van der Waals surface area contributed by atoms with E-state index < -0.39 is 0 Å². The van der Waals surface area contributed by atoms with Crippen molar-refractivity contribution < 1.29 is 9.59 Å². The average Bonchev–Trinajstić information content (AvgIpc) is 2.47. The van der Waals surface area contributed by atoms with Crippen molar-refractivity contribution in [2.24, 2.45) is 0 Å². The average molecular weight is 183 g/mol. The van der Waals surface area contributed by atoms with Crippen molar-refractivity contribution in [1.29, 1.82) is 0 Å². The lowest BCUT2D eigenvalue weighted by atomic mass is 10.2. The first kappa shape index (κ1) is 8.50. The van der Waals surface area contributed by atoms with Crippen LogP contribution in [0, 0.1) is 0 Å². The number of piperidine rings is 1. The maximum Gasteiger partial charge on any atom is 0.339 e. The van der Waals surface area contributed by atoms with Crippen LogP contribution in [0.15, 0.2) is 0 Å². The molecule has 2 fully saturated rings. The third-order valence-corrected chi connectivity index (χ3v) is 2.45. The third-order valence-electron chi connectivity index (χ3n) is 2.45. The number of hydrogen-bond donors (Lipinski definition) is 1. The highest BCUT2D eigenvalue weighted by molar-refractivity contribution is 6.01. The molecule has 2 aliphatic rings. The predicted octanol–water partition coefficient (Wildman–Crippen LogP) is -0.0609. The van der Waals surface area contributed by atoms with E-state index in [0.29, 0.717) is 0 Å². The molecule has 72 valence electrons. The van der Waals surface area contributed by atoms with E-state index in [9.17, 15) is 9.59 Å². The molecular weight excluding hydrogens is 170 g/mol. The number of urea groups is 1. The van der Waals surface area contributed by atoms with Crippen molar-refractivity contribution in [1.82, 2.24) is 15.3 Å². The quantitative estimate of drug-likeness (QED) is 0.579. The zero-order chi connectivity index (χ0) is 9.26. The predicted molar refractivity (Wildman–Crippen MR) is 45.7 cm³/mol. The molecule has 0 bridgehead atoms. The van der Waals surface area contributed by atoms with Crippen molar-refractivity contribution in [3.63, 3.8) is 0 Å². The van der Waals surface area contributed by atoms with Gasteiger partial charge in [0.05, 0.1) is 0 Å². The zero-order valence-corrected chi connectivity index (χ0v) is 7.45. The molecular formula is C8H13N3O2. The van der Waals surface area contributed by atoms with E-state index in [-0.39, 0.29) is 18.5 Å². The van der Waals surface area contributed by atoms with Crippen LogP contribution in [0.5, 0.6) is 0 Å². The number of carbonyl (C=O) groups excluding carboxylic acids is 2. The first-order valence-corrected chi connectivity index (χ1v) is 4.63. The van der Waals surface area contributed by atoms with E-state index in [4.69, 9.17) is 0 Å². The molecule has 13 heavy (non-hydrogen) atoms. The van der Waals surface area contributed by atoms with Gasteiger partial charge >= 0.3 is 6.03 Å². The first-order chi connectivity index (χ1) is 6.27. The Morgan fingerprint density at radius 3 is 2.31 bits per heavy atom. The smallest absolute Gasteiger partial charge is 0.275 e. The van der Waals surface area contributed by atoms with Gasteiger partial charge in [0.25, 0.3) is 0 Å². The first-order valence-electron chi connectivity index (χ1n) is 4.63. The summed E-state index contributed by atoms with van der Waals surface area (Å²) < 4.78 is 0. The van der Waals surface area contributed by atoms with Crippen LogP contribution in [0.3, 0.4) is 0 Å². The normalized spacial score (nSPS) is 25.1. The number of rotatable bonds is 1. The minimum atomic E-state index is -0.271. The van der Waals surface area contributed by atoms with Crippen molar-refractivity contribution in [3.05, 3.63) is 0 Å². The summed E-state index contributed by atoms with van der Waals surface area (Å²) in [4.78, 5) is 22.1. The van der Waals surface area contributed by atoms with Gasteiger partial charge in [-0.05, 0) is 12.8 Å². The molecule has 0 spiro atoms. The monoisotopic (exact) mass is 183 g/mol. The Balaban J connectivity index is 1.99. The summed E-state index contributed by atoms with van der Waals surface area (Å²) in [5.41, 5.74) is 0. The fraction of sp³-hybridized carbons (Fsp3) is 0.750. The van der Waals surface area contributed by atoms with Crippen molar-refractivity contribution >= 4 is 11.9 Å². The van der Waals surface area contributed by atoms with Crippen LogP contribution < -0.4 is 5.32 Å². The van der Waals surface area contributed by atoms with Crippen molar-refractivity contribution in [2.75, 3.05) is 19.6 Å². The lowest BCUT2D eigenvalue weighted by molar-refractivity contribution is -0.120. The van der Waals surface area contributed by atoms with Gasteiger partial charge in [-0.1, -0.05) is 6.42 Å². The minimum absolute atomic E-state index is 0.193. The molecule has 0 atom stereocenters. The molecule has 2 heterocycles. The van der Waals surface area contributed by atoms with Gasteiger partial charge in [0.15, 0.2) is 0 Å². The Labute approximate surface area is 76.6 Å². The van der Waals surface area contributed by atoms with Gasteiger partial charge in [0.2, 0.25) is 5.91 Å². The zero-order valence-electron chi connectivity index (χ0n) is 7.45.